The van der Waals surface area contributed by atoms with E-state index in [2.05, 4.69) is 4.98 Å². The molecule has 1 aliphatic heterocycles. The van der Waals surface area contributed by atoms with Crippen molar-refractivity contribution in [2.24, 2.45) is 0 Å². The molecule has 2 heterocycles. The Morgan fingerprint density at radius 2 is 2.22 bits per heavy atom. The number of carbonyl (C=O) groups is 1. The smallest absolute Gasteiger partial charge is 0.272 e. The number of rotatable bonds is 3. The van der Waals surface area contributed by atoms with E-state index in [-0.39, 0.29) is 17.6 Å². The van der Waals surface area contributed by atoms with Gasteiger partial charge in [0, 0.05) is 36.1 Å². The summed E-state index contributed by atoms with van der Waals surface area (Å²) < 4.78 is 0. The van der Waals surface area contributed by atoms with Gasteiger partial charge in [0.05, 0.1) is 11.0 Å². The van der Waals surface area contributed by atoms with Crippen LogP contribution in [-0.4, -0.2) is 27.3 Å². The maximum atomic E-state index is 12.8. The molecule has 0 aliphatic carbocycles. The summed E-state index contributed by atoms with van der Waals surface area (Å²) in [7, 11) is 0. The Labute approximate surface area is 133 Å². The number of aryl methyl sites for hydroxylation is 1. The second-order valence-electron chi connectivity index (χ2n) is 5.70. The summed E-state index contributed by atoms with van der Waals surface area (Å²) in [6.45, 7) is 2.34. The summed E-state index contributed by atoms with van der Waals surface area (Å²) in [4.78, 5) is 29.2. The number of benzene rings is 1. The molecule has 6 heteroatoms. The molecular formula is C17H17N3O3. The number of hydrogen-bond acceptors (Lipinski definition) is 4. The van der Waals surface area contributed by atoms with Crippen LogP contribution in [0, 0.1) is 17.0 Å². The van der Waals surface area contributed by atoms with Crippen molar-refractivity contribution in [3.05, 3.63) is 69.5 Å². The Morgan fingerprint density at radius 1 is 1.39 bits per heavy atom. The second kappa shape index (κ2) is 6.16. The maximum Gasteiger partial charge on any atom is 0.272 e. The Morgan fingerprint density at radius 3 is 2.87 bits per heavy atom. The highest BCUT2D eigenvalue weighted by molar-refractivity contribution is 5.95. The summed E-state index contributed by atoms with van der Waals surface area (Å²) in [5.41, 5.74) is 2.05. The van der Waals surface area contributed by atoms with E-state index in [0.717, 1.165) is 18.4 Å². The number of nitrogens with zero attached hydrogens (tertiary/aromatic N) is 3. The van der Waals surface area contributed by atoms with Gasteiger partial charge in [0.2, 0.25) is 0 Å². The first-order valence-electron chi connectivity index (χ1n) is 7.54. The lowest BCUT2D eigenvalue weighted by molar-refractivity contribution is -0.385. The molecule has 0 radical (unpaired) electrons. The normalized spacial score (nSPS) is 17.3. The third-order valence-electron chi connectivity index (χ3n) is 4.22. The number of nitro benzene ring substituents is 1. The van der Waals surface area contributed by atoms with Gasteiger partial charge in [0.15, 0.2) is 0 Å². The Balaban J connectivity index is 1.87. The molecule has 0 saturated carbocycles. The van der Waals surface area contributed by atoms with Crippen molar-refractivity contribution >= 4 is 11.6 Å². The van der Waals surface area contributed by atoms with Crippen LogP contribution in [0.15, 0.2) is 42.7 Å². The molecule has 1 aromatic heterocycles. The van der Waals surface area contributed by atoms with Crippen molar-refractivity contribution < 1.29 is 9.72 Å². The molecule has 1 aromatic carbocycles. The zero-order chi connectivity index (χ0) is 16.4. The lowest BCUT2D eigenvalue weighted by Crippen LogP contribution is -2.30. The number of pyridine rings is 1. The van der Waals surface area contributed by atoms with Gasteiger partial charge in [-0.3, -0.25) is 19.9 Å². The highest BCUT2D eigenvalue weighted by atomic mass is 16.6. The summed E-state index contributed by atoms with van der Waals surface area (Å²) in [5.74, 6) is -0.0886. The van der Waals surface area contributed by atoms with Gasteiger partial charge in [-0.2, -0.15) is 0 Å². The summed E-state index contributed by atoms with van der Waals surface area (Å²) >= 11 is 0. The Bertz CT molecular complexity index is 746. The van der Waals surface area contributed by atoms with E-state index in [1.54, 1.807) is 25.4 Å². The van der Waals surface area contributed by atoms with Gasteiger partial charge in [-0.25, -0.2) is 0 Å². The molecule has 0 spiro atoms. The third kappa shape index (κ3) is 2.92. The lowest BCUT2D eigenvalue weighted by Gasteiger charge is -2.25. The molecule has 1 atom stereocenters. The molecule has 2 aromatic rings. The molecule has 0 N–H and O–H groups in total. The highest BCUT2D eigenvalue weighted by Crippen LogP contribution is 2.33. The average molecular weight is 311 g/mol. The Hall–Kier alpha value is -2.76. The minimum absolute atomic E-state index is 0.0201. The zero-order valence-corrected chi connectivity index (χ0v) is 12.8. The molecule has 118 valence electrons. The van der Waals surface area contributed by atoms with Gasteiger partial charge in [0.1, 0.15) is 0 Å². The van der Waals surface area contributed by atoms with Gasteiger partial charge in [-0.05, 0) is 43.5 Å². The number of aromatic nitrogens is 1. The molecule has 1 fully saturated rings. The predicted octanol–water partition coefficient (Wildman–Crippen LogP) is 3.28. The van der Waals surface area contributed by atoms with Crippen LogP contribution < -0.4 is 0 Å². The maximum absolute atomic E-state index is 12.8. The fourth-order valence-corrected chi connectivity index (χ4v) is 3.09. The van der Waals surface area contributed by atoms with Crippen LogP contribution in [0.4, 0.5) is 5.69 Å². The summed E-state index contributed by atoms with van der Waals surface area (Å²) in [5, 5.41) is 10.9. The quantitative estimate of drug-likeness (QED) is 0.644. The van der Waals surface area contributed by atoms with E-state index >= 15 is 0 Å². The number of hydrogen-bond donors (Lipinski definition) is 0. The van der Waals surface area contributed by atoms with E-state index in [1.165, 1.54) is 12.1 Å². The van der Waals surface area contributed by atoms with Crippen LogP contribution >= 0.6 is 0 Å². The SMILES string of the molecule is Cc1cc(C(=O)N2CCC[C@H]2c2cccnc2)ccc1[N+](=O)[O-]. The first-order valence-corrected chi connectivity index (χ1v) is 7.54. The third-order valence-corrected chi connectivity index (χ3v) is 4.22. The molecule has 1 saturated heterocycles. The van der Waals surface area contributed by atoms with Crippen LogP contribution in [0.25, 0.3) is 0 Å². The lowest BCUT2D eigenvalue weighted by atomic mass is 10.0. The van der Waals surface area contributed by atoms with E-state index in [0.29, 0.717) is 17.7 Å². The van der Waals surface area contributed by atoms with Gasteiger partial charge >= 0.3 is 0 Å². The zero-order valence-electron chi connectivity index (χ0n) is 12.8. The topological polar surface area (TPSA) is 76.3 Å². The van der Waals surface area contributed by atoms with Crippen LogP contribution in [0.1, 0.15) is 40.4 Å². The van der Waals surface area contributed by atoms with Crippen LogP contribution in [0.5, 0.6) is 0 Å². The van der Waals surface area contributed by atoms with Crippen molar-refractivity contribution in [1.82, 2.24) is 9.88 Å². The molecule has 0 bridgehead atoms. The molecule has 6 nitrogen and oxygen atoms in total. The van der Waals surface area contributed by atoms with E-state index in [9.17, 15) is 14.9 Å². The fraction of sp³-hybridized carbons (Fsp3) is 0.294. The largest absolute Gasteiger partial charge is 0.332 e. The monoisotopic (exact) mass is 311 g/mol. The van der Waals surface area contributed by atoms with Gasteiger partial charge in [-0.15, -0.1) is 0 Å². The van der Waals surface area contributed by atoms with Crippen molar-refractivity contribution in [3.63, 3.8) is 0 Å². The molecule has 23 heavy (non-hydrogen) atoms. The Kier molecular flexibility index (Phi) is 4.06. The van der Waals surface area contributed by atoms with Crippen molar-refractivity contribution in [1.29, 1.82) is 0 Å². The molecule has 0 unspecified atom stereocenters. The predicted molar refractivity (Wildman–Crippen MR) is 85.1 cm³/mol. The number of carbonyl (C=O) groups excluding carboxylic acids is 1. The van der Waals surface area contributed by atoms with Crippen molar-refractivity contribution in [2.75, 3.05) is 6.54 Å². The number of nitro groups is 1. The van der Waals surface area contributed by atoms with Crippen molar-refractivity contribution in [2.45, 2.75) is 25.8 Å². The molecule has 1 aliphatic rings. The van der Waals surface area contributed by atoms with E-state index in [1.807, 2.05) is 17.0 Å². The van der Waals surface area contributed by atoms with E-state index in [4.69, 9.17) is 0 Å². The number of likely N-dealkylation sites (tertiary alicyclic amines) is 1. The summed E-state index contributed by atoms with van der Waals surface area (Å²) in [6.07, 6.45) is 5.35. The van der Waals surface area contributed by atoms with Gasteiger partial charge in [-0.1, -0.05) is 6.07 Å². The first-order chi connectivity index (χ1) is 11.1. The van der Waals surface area contributed by atoms with Gasteiger partial charge < -0.3 is 4.90 Å². The second-order valence-corrected chi connectivity index (χ2v) is 5.70. The average Bonchev–Trinajstić information content (AvgIpc) is 3.04. The van der Waals surface area contributed by atoms with Crippen LogP contribution in [-0.2, 0) is 0 Å². The van der Waals surface area contributed by atoms with Crippen LogP contribution in [0.3, 0.4) is 0 Å². The fourth-order valence-electron chi connectivity index (χ4n) is 3.09. The van der Waals surface area contributed by atoms with E-state index < -0.39 is 4.92 Å². The van der Waals surface area contributed by atoms with Gasteiger partial charge in [0.25, 0.3) is 11.6 Å². The summed E-state index contributed by atoms with van der Waals surface area (Å²) in [6, 6.07) is 8.39. The number of amides is 1. The highest BCUT2D eigenvalue weighted by Gasteiger charge is 2.31. The molecule has 1 amide bonds. The van der Waals surface area contributed by atoms with Crippen LogP contribution in [0.2, 0.25) is 0 Å². The standard InChI is InChI=1S/C17H17N3O3/c1-12-10-13(6-7-15(12)20(22)23)17(21)19-9-3-5-16(19)14-4-2-8-18-11-14/h2,4,6-8,10-11,16H,3,5,9H2,1H3/t16-/m0/s1. The molecule has 3 rings (SSSR count). The van der Waals surface area contributed by atoms with Crippen molar-refractivity contribution in [3.8, 4) is 0 Å². The minimum atomic E-state index is -0.433. The minimum Gasteiger partial charge on any atom is -0.332 e. The molecular weight excluding hydrogens is 294 g/mol. The first kappa shape index (κ1) is 15.1.